The zero-order chi connectivity index (χ0) is 33.5. The van der Waals surface area contributed by atoms with Gasteiger partial charge in [-0.05, 0) is 81.9 Å². The minimum Gasteiger partial charge on any atom is -0.309 e. The van der Waals surface area contributed by atoms with E-state index in [1.54, 1.807) is 0 Å². The Balaban J connectivity index is 1.14. The molecule has 3 aromatic heterocycles. The van der Waals surface area contributed by atoms with Gasteiger partial charge in [-0.15, -0.1) is 22.7 Å². The van der Waals surface area contributed by atoms with Gasteiger partial charge in [0.05, 0.1) is 16.7 Å². The van der Waals surface area contributed by atoms with Crippen LogP contribution in [0.15, 0.2) is 176 Å². The Morgan fingerprint density at radius 3 is 1.78 bits per heavy atom. The number of hydrogen-bond donors (Lipinski definition) is 0. The van der Waals surface area contributed by atoms with E-state index >= 15 is 0 Å². The molecule has 0 aliphatic rings. The highest BCUT2D eigenvalue weighted by molar-refractivity contribution is 7.26. The van der Waals surface area contributed by atoms with Crippen molar-refractivity contribution in [2.45, 2.75) is 0 Å². The summed E-state index contributed by atoms with van der Waals surface area (Å²) in [6.07, 6.45) is 0. The molecule has 0 radical (unpaired) electrons. The average molecular weight is 684 g/mol. The van der Waals surface area contributed by atoms with Crippen LogP contribution >= 0.6 is 22.7 Å². The molecule has 0 unspecified atom stereocenters. The van der Waals surface area contributed by atoms with Crippen LogP contribution in [0.1, 0.15) is 0 Å². The molecule has 0 N–H and O–H groups in total. The van der Waals surface area contributed by atoms with Gasteiger partial charge < -0.3 is 4.57 Å². The molecule has 1 nitrogen and oxygen atoms in total. The Morgan fingerprint density at radius 2 is 0.922 bits per heavy atom. The number of thiophene rings is 2. The van der Waals surface area contributed by atoms with Crippen molar-refractivity contribution in [1.29, 1.82) is 0 Å². The summed E-state index contributed by atoms with van der Waals surface area (Å²) in [6, 6.07) is 64.8. The van der Waals surface area contributed by atoms with Crippen LogP contribution in [0.5, 0.6) is 0 Å². The molecule has 0 aliphatic carbocycles. The van der Waals surface area contributed by atoms with E-state index in [4.69, 9.17) is 0 Å². The van der Waals surface area contributed by atoms with Gasteiger partial charge in [0.2, 0.25) is 0 Å². The zero-order valence-electron chi connectivity index (χ0n) is 27.5. The van der Waals surface area contributed by atoms with Crippen LogP contribution in [0.3, 0.4) is 0 Å². The number of aromatic nitrogens is 1. The summed E-state index contributed by atoms with van der Waals surface area (Å²) >= 11 is 3.77. The molecule has 0 spiro atoms. The predicted octanol–water partition coefficient (Wildman–Crippen LogP) is 14.5. The van der Waals surface area contributed by atoms with Crippen molar-refractivity contribution in [3.05, 3.63) is 176 Å². The molecule has 0 bridgehead atoms. The van der Waals surface area contributed by atoms with Gasteiger partial charge in [0.15, 0.2) is 0 Å². The molecule has 0 saturated carbocycles. The Morgan fingerprint density at radius 1 is 0.314 bits per heavy atom. The quantitative estimate of drug-likeness (QED) is 0.174. The third kappa shape index (κ3) is 4.45. The van der Waals surface area contributed by atoms with E-state index in [0.717, 1.165) is 0 Å². The maximum absolute atomic E-state index is 2.52. The molecule has 238 valence electrons. The van der Waals surface area contributed by atoms with E-state index in [-0.39, 0.29) is 0 Å². The third-order valence-electron chi connectivity index (χ3n) is 10.4. The van der Waals surface area contributed by atoms with E-state index in [2.05, 4.69) is 180 Å². The molecule has 51 heavy (non-hydrogen) atoms. The maximum Gasteiger partial charge on any atom is 0.0555 e. The van der Waals surface area contributed by atoms with E-state index in [1.807, 2.05) is 22.7 Å². The summed E-state index contributed by atoms with van der Waals surface area (Å²) in [5, 5.41) is 7.86. The van der Waals surface area contributed by atoms with Crippen molar-refractivity contribution in [1.82, 2.24) is 4.57 Å². The molecule has 0 fully saturated rings. The summed E-state index contributed by atoms with van der Waals surface area (Å²) in [6.45, 7) is 0. The lowest BCUT2D eigenvalue weighted by molar-refractivity contribution is 1.20. The van der Waals surface area contributed by atoms with Crippen LogP contribution in [0.4, 0.5) is 0 Å². The molecule has 11 aromatic rings. The highest BCUT2D eigenvalue weighted by atomic mass is 32.1. The number of hydrogen-bond acceptors (Lipinski definition) is 2. The number of nitrogens with zero attached hydrogens (tertiary/aromatic N) is 1. The van der Waals surface area contributed by atoms with Gasteiger partial charge in [0.25, 0.3) is 0 Å². The molecule has 3 heterocycles. The van der Waals surface area contributed by atoms with Gasteiger partial charge in [-0.2, -0.15) is 0 Å². The lowest BCUT2D eigenvalue weighted by Gasteiger charge is -2.13. The van der Waals surface area contributed by atoms with Crippen molar-refractivity contribution < 1.29 is 0 Å². The molecule has 0 atom stereocenters. The summed E-state index contributed by atoms with van der Waals surface area (Å²) in [4.78, 5) is 0. The standard InChI is InChI=1S/C48H29NS2/c1-2-11-30(12-3-1)31-23-25-32(26-24-31)33-13-8-14-34(27-33)35-17-9-21-44-47(35)48-41(19-10-22-45(48)51-44)49-40-18-6-4-15-36(40)38-29-46-39(28-42(38)49)37-16-5-7-20-43(37)50-46/h1-29H. The predicted molar refractivity (Wildman–Crippen MR) is 223 cm³/mol. The Labute approximate surface area is 302 Å². The first kappa shape index (κ1) is 28.8. The van der Waals surface area contributed by atoms with E-state index in [1.165, 1.54) is 101 Å². The number of fused-ring (bicyclic) bond motifs is 9. The van der Waals surface area contributed by atoms with Crippen molar-refractivity contribution in [3.8, 4) is 39.1 Å². The molecule has 0 saturated heterocycles. The highest BCUT2D eigenvalue weighted by Crippen LogP contribution is 2.46. The zero-order valence-corrected chi connectivity index (χ0v) is 29.1. The normalized spacial score (nSPS) is 11.9. The minimum atomic E-state index is 1.22. The second kappa shape index (κ2) is 11.3. The van der Waals surface area contributed by atoms with Crippen LogP contribution in [-0.2, 0) is 0 Å². The van der Waals surface area contributed by atoms with Gasteiger partial charge in [-0.25, -0.2) is 0 Å². The van der Waals surface area contributed by atoms with Crippen molar-refractivity contribution in [2.24, 2.45) is 0 Å². The molecular weight excluding hydrogens is 655 g/mol. The van der Waals surface area contributed by atoms with Crippen LogP contribution in [-0.4, -0.2) is 4.57 Å². The molecule has 3 heteroatoms. The monoisotopic (exact) mass is 683 g/mol. The van der Waals surface area contributed by atoms with Gasteiger partial charge >= 0.3 is 0 Å². The summed E-state index contributed by atoms with van der Waals surface area (Å²) in [7, 11) is 0. The first-order chi connectivity index (χ1) is 25.3. The fraction of sp³-hybridized carbons (Fsp3) is 0. The van der Waals surface area contributed by atoms with Crippen LogP contribution in [0.2, 0.25) is 0 Å². The summed E-state index contributed by atoms with van der Waals surface area (Å²) in [5.74, 6) is 0. The molecular formula is C48H29NS2. The first-order valence-electron chi connectivity index (χ1n) is 17.3. The topological polar surface area (TPSA) is 4.93 Å². The van der Waals surface area contributed by atoms with Gasteiger partial charge in [-0.3, -0.25) is 0 Å². The fourth-order valence-corrected chi connectivity index (χ4v) is 10.4. The highest BCUT2D eigenvalue weighted by Gasteiger charge is 2.20. The second-order valence-corrected chi connectivity index (χ2v) is 15.4. The lowest BCUT2D eigenvalue weighted by atomic mass is 9.94. The van der Waals surface area contributed by atoms with Gasteiger partial charge in [0, 0.05) is 51.1 Å². The molecule has 11 rings (SSSR count). The molecule has 0 amide bonds. The fourth-order valence-electron chi connectivity index (χ4n) is 8.07. The minimum absolute atomic E-state index is 1.22. The number of rotatable bonds is 4. The summed E-state index contributed by atoms with van der Waals surface area (Å²) < 4.78 is 7.80. The van der Waals surface area contributed by atoms with E-state index in [9.17, 15) is 0 Å². The van der Waals surface area contributed by atoms with E-state index in [0.29, 0.717) is 0 Å². The summed E-state index contributed by atoms with van der Waals surface area (Å²) in [5.41, 5.74) is 11.1. The Bertz CT molecular complexity index is 3120. The van der Waals surface area contributed by atoms with Gasteiger partial charge in [0.1, 0.15) is 0 Å². The number of benzene rings is 8. The van der Waals surface area contributed by atoms with Gasteiger partial charge in [-0.1, -0.05) is 127 Å². The van der Waals surface area contributed by atoms with Crippen LogP contribution < -0.4 is 0 Å². The largest absolute Gasteiger partial charge is 0.309 e. The lowest BCUT2D eigenvalue weighted by Crippen LogP contribution is -1.95. The maximum atomic E-state index is 2.52. The van der Waals surface area contributed by atoms with Crippen molar-refractivity contribution >= 4 is 84.8 Å². The second-order valence-electron chi connectivity index (χ2n) is 13.3. The first-order valence-corrected chi connectivity index (χ1v) is 19.0. The third-order valence-corrected chi connectivity index (χ3v) is 12.7. The van der Waals surface area contributed by atoms with Crippen LogP contribution in [0, 0.1) is 0 Å². The van der Waals surface area contributed by atoms with Crippen molar-refractivity contribution in [2.75, 3.05) is 0 Å². The Kier molecular flexibility index (Phi) is 6.36. The van der Waals surface area contributed by atoms with Crippen LogP contribution in [0.25, 0.3) is 101 Å². The number of para-hydroxylation sites is 1. The SMILES string of the molecule is c1ccc(-c2ccc(-c3cccc(-c4cccc5sc6cccc(-n7c8ccccc8c8cc9sc%10ccccc%10c9cc87)c6c45)c3)cc2)cc1. The molecule has 8 aromatic carbocycles. The average Bonchev–Trinajstić information content (AvgIpc) is 3.87. The smallest absolute Gasteiger partial charge is 0.0555 e. The Hall–Kier alpha value is -6.00. The van der Waals surface area contributed by atoms with E-state index < -0.39 is 0 Å². The van der Waals surface area contributed by atoms with Crippen molar-refractivity contribution in [3.63, 3.8) is 0 Å². The molecule has 0 aliphatic heterocycles.